The average Bonchev–Trinajstić information content (AvgIpc) is 2.28. The molecule has 0 aliphatic carbocycles. The van der Waals surface area contributed by atoms with Gasteiger partial charge in [-0.05, 0) is 27.4 Å². The molecular formula is C9H17F3N2. The first kappa shape index (κ1) is 11.8. The lowest BCUT2D eigenvalue weighted by atomic mass is 10.2. The van der Waals surface area contributed by atoms with Crippen LogP contribution in [0.5, 0.6) is 0 Å². The van der Waals surface area contributed by atoms with E-state index in [1.165, 1.54) is 4.90 Å². The van der Waals surface area contributed by atoms with Crippen molar-refractivity contribution in [3.63, 3.8) is 0 Å². The Labute approximate surface area is 82.7 Å². The third-order valence-corrected chi connectivity index (χ3v) is 2.92. The molecule has 0 aromatic carbocycles. The minimum absolute atomic E-state index is 0.0385. The second-order valence-corrected chi connectivity index (χ2v) is 4.21. The van der Waals surface area contributed by atoms with Crippen molar-refractivity contribution in [2.24, 2.45) is 0 Å². The molecular weight excluding hydrogens is 193 g/mol. The highest BCUT2D eigenvalue weighted by Gasteiger charge is 2.35. The molecule has 0 aromatic rings. The summed E-state index contributed by atoms with van der Waals surface area (Å²) < 4.78 is 36.3. The number of rotatable bonds is 2. The van der Waals surface area contributed by atoms with Gasteiger partial charge in [-0.2, -0.15) is 13.2 Å². The van der Waals surface area contributed by atoms with E-state index in [4.69, 9.17) is 0 Å². The Bertz CT molecular complexity index is 183. The molecule has 0 N–H and O–H groups in total. The van der Waals surface area contributed by atoms with Gasteiger partial charge in [-0.25, -0.2) is 0 Å². The molecule has 84 valence electrons. The second kappa shape index (κ2) is 4.06. The van der Waals surface area contributed by atoms with Crippen LogP contribution >= 0.6 is 0 Å². The Hall–Kier alpha value is -0.290. The number of alkyl halides is 3. The molecule has 1 fully saturated rings. The standard InChI is InChI=1S/C9H17F3N2/c1-7-4-8(5-13(7)2)14(3)6-9(10,11)12/h7-8H,4-6H2,1-3H3/t7-,8?/m1/s1. The molecule has 2 nitrogen and oxygen atoms in total. The number of nitrogens with zero attached hydrogens (tertiary/aromatic N) is 2. The molecule has 0 bridgehead atoms. The molecule has 5 heteroatoms. The molecule has 1 aliphatic rings. The molecule has 0 saturated carbocycles. The van der Waals surface area contributed by atoms with E-state index in [0.717, 1.165) is 13.0 Å². The molecule has 0 spiro atoms. The van der Waals surface area contributed by atoms with Crippen molar-refractivity contribution in [1.82, 2.24) is 9.80 Å². The van der Waals surface area contributed by atoms with Gasteiger partial charge in [-0.3, -0.25) is 4.90 Å². The largest absolute Gasteiger partial charge is 0.401 e. The zero-order valence-electron chi connectivity index (χ0n) is 8.80. The Kier molecular flexibility index (Phi) is 3.42. The van der Waals surface area contributed by atoms with E-state index in [9.17, 15) is 13.2 Å². The normalized spacial score (nSPS) is 30.2. The Morgan fingerprint density at radius 2 is 2.00 bits per heavy atom. The highest BCUT2D eigenvalue weighted by Crippen LogP contribution is 2.23. The van der Waals surface area contributed by atoms with Gasteiger partial charge in [-0.1, -0.05) is 0 Å². The fourth-order valence-electron chi connectivity index (χ4n) is 1.89. The SMILES string of the molecule is C[C@@H]1CC(N(C)CC(F)(F)F)CN1C. The maximum Gasteiger partial charge on any atom is 0.401 e. The van der Waals surface area contributed by atoms with E-state index in [2.05, 4.69) is 4.90 Å². The molecule has 0 aromatic heterocycles. The van der Waals surface area contributed by atoms with Gasteiger partial charge >= 0.3 is 6.18 Å². The van der Waals surface area contributed by atoms with Gasteiger partial charge in [0, 0.05) is 18.6 Å². The third kappa shape index (κ3) is 3.13. The lowest BCUT2D eigenvalue weighted by Crippen LogP contribution is -2.40. The van der Waals surface area contributed by atoms with Gasteiger partial charge in [0.2, 0.25) is 0 Å². The molecule has 1 rings (SSSR count). The number of halogens is 3. The monoisotopic (exact) mass is 210 g/mol. The van der Waals surface area contributed by atoms with Crippen LogP contribution in [0.4, 0.5) is 13.2 Å². The summed E-state index contributed by atoms with van der Waals surface area (Å²) in [6, 6.07) is 0.423. The quantitative estimate of drug-likeness (QED) is 0.682. The summed E-state index contributed by atoms with van der Waals surface area (Å²) in [5.41, 5.74) is 0. The van der Waals surface area contributed by atoms with Crippen LogP contribution in [-0.2, 0) is 0 Å². The maximum absolute atomic E-state index is 12.1. The summed E-state index contributed by atoms with van der Waals surface area (Å²) in [7, 11) is 3.50. The maximum atomic E-state index is 12.1. The highest BCUT2D eigenvalue weighted by atomic mass is 19.4. The van der Waals surface area contributed by atoms with Gasteiger partial charge in [0.1, 0.15) is 0 Å². The predicted octanol–water partition coefficient (Wildman–Crippen LogP) is 1.57. The van der Waals surface area contributed by atoms with E-state index in [0.29, 0.717) is 6.04 Å². The molecule has 0 radical (unpaired) electrons. The van der Waals surface area contributed by atoms with Crippen molar-refractivity contribution < 1.29 is 13.2 Å². The van der Waals surface area contributed by atoms with Gasteiger partial charge < -0.3 is 4.90 Å². The highest BCUT2D eigenvalue weighted by molar-refractivity contribution is 4.86. The topological polar surface area (TPSA) is 6.48 Å². The molecule has 0 amide bonds. The Morgan fingerprint density at radius 3 is 2.36 bits per heavy atom. The van der Waals surface area contributed by atoms with Crippen LogP contribution in [0.2, 0.25) is 0 Å². The lowest BCUT2D eigenvalue weighted by molar-refractivity contribution is -0.146. The summed E-state index contributed by atoms with van der Waals surface area (Å²) in [6.07, 6.45) is -3.26. The molecule has 1 heterocycles. The summed E-state index contributed by atoms with van der Waals surface area (Å²) >= 11 is 0. The van der Waals surface area contributed by atoms with Crippen LogP contribution in [0.15, 0.2) is 0 Å². The van der Waals surface area contributed by atoms with Gasteiger partial charge in [-0.15, -0.1) is 0 Å². The summed E-state index contributed by atoms with van der Waals surface area (Å²) in [6.45, 7) is 1.97. The van der Waals surface area contributed by atoms with Gasteiger partial charge in [0.05, 0.1) is 6.54 Å². The molecule has 1 aliphatic heterocycles. The fraction of sp³-hybridized carbons (Fsp3) is 1.00. The smallest absolute Gasteiger partial charge is 0.302 e. The molecule has 1 saturated heterocycles. The first-order valence-electron chi connectivity index (χ1n) is 4.77. The van der Waals surface area contributed by atoms with E-state index in [1.807, 2.05) is 14.0 Å². The van der Waals surface area contributed by atoms with E-state index < -0.39 is 12.7 Å². The van der Waals surface area contributed by atoms with Crippen molar-refractivity contribution in [3.8, 4) is 0 Å². The number of hydrogen-bond acceptors (Lipinski definition) is 2. The second-order valence-electron chi connectivity index (χ2n) is 4.21. The van der Waals surface area contributed by atoms with Gasteiger partial charge in [0.15, 0.2) is 0 Å². The lowest BCUT2D eigenvalue weighted by Gasteiger charge is -2.24. The molecule has 2 atom stereocenters. The third-order valence-electron chi connectivity index (χ3n) is 2.92. The molecule has 14 heavy (non-hydrogen) atoms. The van der Waals surface area contributed by atoms with Crippen molar-refractivity contribution in [2.75, 3.05) is 27.2 Å². The summed E-state index contributed by atoms with van der Waals surface area (Å²) in [4.78, 5) is 3.50. The zero-order chi connectivity index (χ0) is 10.9. The summed E-state index contributed by atoms with van der Waals surface area (Å²) in [5, 5.41) is 0. The van der Waals surface area contributed by atoms with Crippen LogP contribution in [-0.4, -0.2) is 55.2 Å². The predicted molar refractivity (Wildman–Crippen MR) is 49.2 cm³/mol. The minimum Gasteiger partial charge on any atom is -0.302 e. The van der Waals surface area contributed by atoms with Crippen LogP contribution < -0.4 is 0 Å². The minimum atomic E-state index is -4.08. The average molecular weight is 210 g/mol. The van der Waals surface area contributed by atoms with E-state index in [-0.39, 0.29) is 6.04 Å². The number of hydrogen-bond donors (Lipinski definition) is 0. The summed E-state index contributed by atoms with van der Waals surface area (Å²) in [5.74, 6) is 0. The van der Waals surface area contributed by atoms with Crippen LogP contribution in [0, 0.1) is 0 Å². The molecule has 1 unspecified atom stereocenters. The first-order valence-corrected chi connectivity index (χ1v) is 4.77. The van der Waals surface area contributed by atoms with Gasteiger partial charge in [0.25, 0.3) is 0 Å². The van der Waals surface area contributed by atoms with E-state index >= 15 is 0 Å². The van der Waals surface area contributed by atoms with Crippen LogP contribution in [0.1, 0.15) is 13.3 Å². The first-order chi connectivity index (χ1) is 6.29. The van der Waals surface area contributed by atoms with E-state index in [1.54, 1.807) is 7.05 Å². The van der Waals surface area contributed by atoms with Crippen LogP contribution in [0.3, 0.4) is 0 Å². The number of likely N-dealkylation sites (N-methyl/N-ethyl adjacent to an activating group) is 2. The van der Waals surface area contributed by atoms with Crippen molar-refractivity contribution >= 4 is 0 Å². The Morgan fingerprint density at radius 1 is 1.43 bits per heavy atom. The van der Waals surface area contributed by atoms with Crippen molar-refractivity contribution in [2.45, 2.75) is 31.6 Å². The van der Waals surface area contributed by atoms with Crippen molar-refractivity contribution in [1.29, 1.82) is 0 Å². The van der Waals surface area contributed by atoms with Crippen LogP contribution in [0.25, 0.3) is 0 Å². The fourth-order valence-corrected chi connectivity index (χ4v) is 1.89. The van der Waals surface area contributed by atoms with Crippen molar-refractivity contribution in [3.05, 3.63) is 0 Å². The Balaban J connectivity index is 2.43. The zero-order valence-corrected chi connectivity index (χ0v) is 8.80. The number of likely N-dealkylation sites (tertiary alicyclic amines) is 1.